The van der Waals surface area contributed by atoms with E-state index < -0.39 is 5.54 Å². The molecule has 0 aromatic heterocycles. The van der Waals surface area contributed by atoms with Crippen LogP contribution in [0.15, 0.2) is 0 Å². The van der Waals surface area contributed by atoms with Crippen molar-refractivity contribution in [3.63, 3.8) is 0 Å². The van der Waals surface area contributed by atoms with Crippen molar-refractivity contribution in [3.05, 3.63) is 0 Å². The Kier molecular flexibility index (Phi) is 6.02. The molecule has 122 valence electrons. The third-order valence-corrected chi connectivity index (χ3v) is 4.82. The largest absolute Gasteiger partial charge is 0.384 e. The molecule has 1 amide bonds. The number of methoxy groups -OCH3 is 1. The smallest absolute Gasteiger partial charge is 0.237 e. The third-order valence-electron chi connectivity index (χ3n) is 4.82. The van der Waals surface area contributed by atoms with Crippen LogP contribution >= 0.6 is 0 Å². The molecule has 1 heterocycles. The molecule has 1 saturated carbocycles. The maximum Gasteiger partial charge on any atom is 0.237 e. The first kappa shape index (κ1) is 16.7. The number of nitrogens with one attached hydrogen (secondary N) is 1. The summed E-state index contributed by atoms with van der Waals surface area (Å²) >= 11 is 0. The van der Waals surface area contributed by atoms with Crippen LogP contribution in [0.1, 0.15) is 45.4 Å². The van der Waals surface area contributed by atoms with Crippen LogP contribution in [0.5, 0.6) is 0 Å². The Hall–Kier alpha value is -0.650. The number of carbonyl (C=O) groups excluding carboxylic acids is 1. The Morgan fingerprint density at radius 3 is 2.76 bits per heavy atom. The number of nitrogens with two attached hydrogens (primary N) is 1. The molecular formula is C16H31N3O2. The minimum absolute atomic E-state index is 0.212. The van der Waals surface area contributed by atoms with Crippen LogP contribution in [-0.2, 0) is 9.53 Å². The molecule has 2 unspecified atom stereocenters. The van der Waals surface area contributed by atoms with Crippen molar-refractivity contribution in [2.45, 2.75) is 57.0 Å². The van der Waals surface area contributed by atoms with Gasteiger partial charge in [-0.3, -0.25) is 4.79 Å². The van der Waals surface area contributed by atoms with E-state index in [0.29, 0.717) is 12.0 Å². The van der Waals surface area contributed by atoms with Crippen molar-refractivity contribution < 1.29 is 9.53 Å². The molecule has 2 aliphatic rings. The fraction of sp³-hybridized carbons (Fsp3) is 0.938. The summed E-state index contributed by atoms with van der Waals surface area (Å²) in [5.74, 6) is 0.484. The Morgan fingerprint density at radius 1 is 1.38 bits per heavy atom. The van der Waals surface area contributed by atoms with Gasteiger partial charge in [-0.2, -0.15) is 0 Å². The van der Waals surface area contributed by atoms with E-state index in [9.17, 15) is 4.79 Å². The lowest BCUT2D eigenvalue weighted by molar-refractivity contribution is -0.124. The SMILES string of the molecule is COCC1CCN(CCCCC(C)(NC2CC2)C(N)=O)C1. The van der Waals surface area contributed by atoms with Gasteiger partial charge < -0.3 is 20.7 Å². The summed E-state index contributed by atoms with van der Waals surface area (Å²) < 4.78 is 5.23. The lowest BCUT2D eigenvalue weighted by atomic mass is 9.93. The molecule has 1 saturated heterocycles. The molecule has 1 aliphatic heterocycles. The molecule has 0 bridgehead atoms. The highest BCUT2D eigenvalue weighted by Crippen LogP contribution is 2.25. The number of primary amides is 1. The lowest BCUT2D eigenvalue weighted by Gasteiger charge is -2.28. The van der Waals surface area contributed by atoms with Crippen LogP contribution in [0.2, 0.25) is 0 Å². The monoisotopic (exact) mass is 297 g/mol. The quantitative estimate of drug-likeness (QED) is 0.593. The van der Waals surface area contributed by atoms with E-state index in [1.54, 1.807) is 7.11 Å². The summed E-state index contributed by atoms with van der Waals surface area (Å²) in [7, 11) is 1.78. The lowest BCUT2D eigenvalue weighted by Crippen LogP contribution is -2.54. The van der Waals surface area contributed by atoms with Gasteiger partial charge in [0.2, 0.25) is 5.91 Å². The average molecular weight is 297 g/mol. The maximum absolute atomic E-state index is 11.7. The summed E-state index contributed by atoms with van der Waals surface area (Å²) in [4.78, 5) is 14.2. The highest BCUT2D eigenvalue weighted by atomic mass is 16.5. The van der Waals surface area contributed by atoms with Crippen LogP contribution in [0.4, 0.5) is 0 Å². The number of likely N-dealkylation sites (tertiary alicyclic amines) is 1. The average Bonchev–Trinajstić information content (AvgIpc) is 3.13. The van der Waals surface area contributed by atoms with Crippen LogP contribution in [0, 0.1) is 5.92 Å². The van der Waals surface area contributed by atoms with Gasteiger partial charge in [0, 0.05) is 19.7 Å². The number of hydrogen-bond donors (Lipinski definition) is 2. The molecule has 3 N–H and O–H groups in total. The van der Waals surface area contributed by atoms with E-state index in [2.05, 4.69) is 10.2 Å². The van der Waals surface area contributed by atoms with Crippen LogP contribution in [0.3, 0.4) is 0 Å². The van der Waals surface area contributed by atoms with Gasteiger partial charge >= 0.3 is 0 Å². The topological polar surface area (TPSA) is 67.6 Å². The Morgan fingerprint density at radius 2 is 2.14 bits per heavy atom. The zero-order valence-electron chi connectivity index (χ0n) is 13.6. The highest BCUT2D eigenvalue weighted by Gasteiger charge is 2.36. The predicted octanol–water partition coefficient (Wildman–Crippen LogP) is 1.12. The first-order chi connectivity index (χ1) is 10.0. The first-order valence-electron chi connectivity index (χ1n) is 8.32. The van der Waals surface area contributed by atoms with E-state index in [-0.39, 0.29) is 5.91 Å². The number of amides is 1. The fourth-order valence-electron chi connectivity index (χ4n) is 3.25. The number of rotatable bonds is 10. The maximum atomic E-state index is 11.7. The molecule has 1 aliphatic carbocycles. The van der Waals surface area contributed by atoms with Crippen molar-refractivity contribution in [2.24, 2.45) is 11.7 Å². The van der Waals surface area contributed by atoms with Crippen molar-refractivity contribution in [3.8, 4) is 0 Å². The van der Waals surface area contributed by atoms with Gasteiger partial charge in [-0.25, -0.2) is 0 Å². The minimum atomic E-state index is -0.523. The molecule has 0 aromatic rings. The molecule has 5 heteroatoms. The van der Waals surface area contributed by atoms with E-state index in [4.69, 9.17) is 10.5 Å². The van der Waals surface area contributed by atoms with Gasteiger partial charge in [0.15, 0.2) is 0 Å². The Labute approximate surface area is 128 Å². The van der Waals surface area contributed by atoms with Gasteiger partial charge in [-0.1, -0.05) is 0 Å². The number of hydrogen-bond acceptors (Lipinski definition) is 4. The molecule has 2 atom stereocenters. The number of carbonyl (C=O) groups is 1. The molecular weight excluding hydrogens is 266 g/mol. The summed E-state index contributed by atoms with van der Waals surface area (Å²) in [5, 5.41) is 3.41. The van der Waals surface area contributed by atoms with E-state index in [1.165, 1.54) is 25.8 Å². The minimum Gasteiger partial charge on any atom is -0.384 e. The van der Waals surface area contributed by atoms with Gasteiger partial charge in [0.1, 0.15) is 0 Å². The van der Waals surface area contributed by atoms with Gasteiger partial charge in [0.05, 0.1) is 12.1 Å². The number of ether oxygens (including phenoxy) is 1. The van der Waals surface area contributed by atoms with Crippen LogP contribution < -0.4 is 11.1 Å². The van der Waals surface area contributed by atoms with E-state index >= 15 is 0 Å². The van der Waals surface area contributed by atoms with E-state index in [0.717, 1.165) is 39.0 Å². The molecule has 21 heavy (non-hydrogen) atoms. The van der Waals surface area contributed by atoms with Crippen LogP contribution in [0.25, 0.3) is 0 Å². The van der Waals surface area contributed by atoms with Gasteiger partial charge in [-0.05, 0) is 64.5 Å². The molecule has 0 radical (unpaired) electrons. The number of unbranched alkanes of at least 4 members (excludes halogenated alkanes) is 1. The second kappa shape index (κ2) is 7.56. The summed E-state index contributed by atoms with van der Waals surface area (Å²) in [6.45, 7) is 6.29. The summed E-state index contributed by atoms with van der Waals surface area (Å²) in [6.07, 6.45) is 6.62. The van der Waals surface area contributed by atoms with Crippen LogP contribution in [-0.4, -0.2) is 55.7 Å². The van der Waals surface area contributed by atoms with E-state index in [1.807, 2.05) is 6.92 Å². The molecule has 0 spiro atoms. The van der Waals surface area contributed by atoms with Crippen molar-refractivity contribution in [1.82, 2.24) is 10.2 Å². The van der Waals surface area contributed by atoms with Crippen molar-refractivity contribution in [1.29, 1.82) is 0 Å². The molecule has 2 rings (SSSR count). The second-order valence-electron chi connectivity index (χ2n) is 6.98. The van der Waals surface area contributed by atoms with Crippen molar-refractivity contribution >= 4 is 5.91 Å². The Balaban J connectivity index is 1.63. The number of nitrogens with zero attached hydrogens (tertiary/aromatic N) is 1. The normalized spacial score (nSPS) is 25.9. The highest BCUT2D eigenvalue weighted by molar-refractivity contribution is 5.84. The summed E-state index contributed by atoms with van der Waals surface area (Å²) in [6, 6.07) is 0.510. The second-order valence-corrected chi connectivity index (χ2v) is 6.98. The first-order valence-corrected chi connectivity index (χ1v) is 8.32. The third kappa shape index (κ3) is 5.24. The zero-order chi connectivity index (χ0) is 15.3. The van der Waals surface area contributed by atoms with Crippen molar-refractivity contribution in [2.75, 3.05) is 33.4 Å². The molecule has 0 aromatic carbocycles. The molecule has 2 fully saturated rings. The zero-order valence-corrected chi connectivity index (χ0v) is 13.6. The summed E-state index contributed by atoms with van der Waals surface area (Å²) in [5.41, 5.74) is 5.05. The van der Waals surface area contributed by atoms with Gasteiger partial charge in [0.25, 0.3) is 0 Å². The Bertz CT molecular complexity index is 346. The molecule has 5 nitrogen and oxygen atoms in total. The predicted molar refractivity (Wildman–Crippen MR) is 84.0 cm³/mol. The van der Waals surface area contributed by atoms with Gasteiger partial charge in [-0.15, -0.1) is 0 Å². The standard InChI is InChI=1S/C16H31N3O2/c1-16(15(17)20,18-14-5-6-14)8-3-4-9-19-10-7-13(11-19)12-21-2/h13-14,18H,3-12H2,1-2H3,(H2,17,20). The fourth-order valence-corrected chi connectivity index (χ4v) is 3.25.